The fourth-order valence-corrected chi connectivity index (χ4v) is 2.00. The fraction of sp³-hybridized carbons (Fsp3) is 0.667. The number of aliphatic hydroxyl groups is 4. The zero-order valence-electron chi connectivity index (χ0n) is 10.4. The lowest BCUT2D eigenvalue weighted by Crippen LogP contribution is -2.59. The molecule has 1 aliphatic heterocycles. The van der Waals surface area contributed by atoms with Gasteiger partial charge in [-0.3, -0.25) is 0 Å². The Hall–Kier alpha value is -0.960. The number of aliphatic hydroxyl groups excluding tert-OH is 4. The molecule has 0 aliphatic carbocycles. The molecule has 0 amide bonds. The van der Waals surface area contributed by atoms with Crippen molar-refractivity contribution in [2.24, 2.45) is 0 Å². The molecule has 1 aliphatic rings. The molecule has 1 saturated heterocycles. The molecule has 2 rings (SSSR count). The average molecular weight is 273 g/mol. The third-order valence-corrected chi connectivity index (χ3v) is 3.15. The van der Waals surface area contributed by atoms with Crippen molar-refractivity contribution in [1.82, 2.24) is 4.57 Å². The normalized spacial score (nSPS) is 35.5. The minimum atomic E-state index is -1.40. The van der Waals surface area contributed by atoms with Gasteiger partial charge >= 0.3 is 0 Å². The standard InChI is InChI=1S/C12H19NO6/c14-7-8-9(15)10(16)11(17)12(19-8)18-6-5-13-3-1-2-4-13/h1-4,8-12,14-17H,5-7H2/t8?,9-,10?,11?,12-/m1/s1. The predicted molar refractivity (Wildman–Crippen MR) is 64.2 cm³/mol. The Balaban J connectivity index is 1.84. The summed E-state index contributed by atoms with van der Waals surface area (Å²) in [6.45, 7) is 0.391. The lowest BCUT2D eigenvalue weighted by molar-refractivity contribution is -0.301. The first kappa shape index (κ1) is 14.4. The number of aromatic nitrogens is 1. The summed E-state index contributed by atoms with van der Waals surface area (Å²) in [5.41, 5.74) is 0. The second kappa shape index (κ2) is 6.47. The van der Waals surface area contributed by atoms with Crippen LogP contribution < -0.4 is 0 Å². The Bertz CT molecular complexity index is 368. The summed E-state index contributed by atoms with van der Waals surface area (Å²) in [7, 11) is 0. The highest BCUT2D eigenvalue weighted by atomic mass is 16.7. The molecule has 1 aromatic heterocycles. The summed E-state index contributed by atoms with van der Waals surface area (Å²) in [5.74, 6) is 0. The Morgan fingerprint density at radius 1 is 1.05 bits per heavy atom. The smallest absolute Gasteiger partial charge is 0.186 e. The van der Waals surface area contributed by atoms with Crippen LogP contribution in [0.3, 0.4) is 0 Å². The topological polar surface area (TPSA) is 104 Å². The summed E-state index contributed by atoms with van der Waals surface area (Å²) < 4.78 is 12.4. The van der Waals surface area contributed by atoms with E-state index in [2.05, 4.69) is 0 Å². The van der Waals surface area contributed by atoms with Crippen LogP contribution in [0.5, 0.6) is 0 Å². The summed E-state index contributed by atoms with van der Waals surface area (Å²) >= 11 is 0. The maximum atomic E-state index is 9.73. The van der Waals surface area contributed by atoms with Gasteiger partial charge in [-0.05, 0) is 12.1 Å². The van der Waals surface area contributed by atoms with Crippen LogP contribution in [-0.4, -0.2) is 68.9 Å². The summed E-state index contributed by atoms with van der Waals surface area (Å²) in [6, 6.07) is 3.77. The van der Waals surface area contributed by atoms with Crippen molar-refractivity contribution in [2.75, 3.05) is 13.2 Å². The second-order valence-corrected chi connectivity index (χ2v) is 4.49. The van der Waals surface area contributed by atoms with Crippen molar-refractivity contribution in [3.05, 3.63) is 24.5 Å². The molecule has 0 bridgehead atoms. The zero-order valence-corrected chi connectivity index (χ0v) is 10.4. The molecule has 1 aromatic rings. The highest BCUT2D eigenvalue weighted by Crippen LogP contribution is 2.21. The molecule has 0 radical (unpaired) electrons. The lowest BCUT2D eigenvalue weighted by atomic mass is 9.99. The predicted octanol–water partition coefficient (Wildman–Crippen LogP) is -1.70. The van der Waals surface area contributed by atoms with E-state index in [9.17, 15) is 15.3 Å². The molecule has 7 heteroatoms. The van der Waals surface area contributed by atoms with Gasteiger partial charge in [0.1, 0.15) is 24.4 Å². The third-order valence-electron chi connectivity index (χ3n) is 3.15. The molecule has 108 valence electrons. The van der Waals surface area contributed by atoms with E-state index in [1.807, 2.05) is 29.1 Å². The van der Waals surface area contributed by atoms with Crippen LogP contribution in [0.25, 0.3) is 0 Å². The maximum absolute atomic E-state index is 9.73. The van der Waals surface area contributed by atoms with Crippen LogP contribution in [0.2, 0.25) is 0 Å². The van der Waals surface area contributed by atoms with Gasteiger partial charge in [0.05, 0.1) is 13.2 Å². The summed E-state index contributed by atoms with van der Waals surface area (Å²) in [4.78, 5) is 0. The quantitative estimate of drug-likeness (QED) is 0.510. The highest BCUT2D eigenvalue weighted by molar-refractivity contribution is 4.90. The highest BCUT2D eigenvalue weighted by Gasteiger charge is 2.43. The zero-order chi connectivity index (χ0) is 13.8. The van der Waals surface area contributed by atoms with Gasteiger partial charge in [-0.1, -0.05) is 0 Å². The van der Waals surface area contributed by atoms with Gasteiger partial charge in [0.2, 0.25) is 0 Å². The fourth-order valence-electron chi connectivity index (χ4n) is 2.00. The lowest BCUT2D eigenvalue weighted by Gasteiger charge is -2.39. The molecule has 19 heavy (non-hydrogen) atoms. The van der Waals surface area contributed by atoms with E-state index in [-0.39, 0.29) is 6.61 Å². The van der Waals surface area contributed by atoms with E-state index in [1.165, 1.54) is 0 Å². The van der Waals surface area contributed by atoms with E-state index in [1.54, 1.807) is 0 Å². The molecular formula is C12H19NO6. The van der Waals surface area contributed by atoms with E-state index < -0.39 is 37.3 Å². The van der Waals surface area contributed by atoms with Crippen LogP contribution >= 0.6 is 0 Å². The molecule has 4 N–H and O–H groups in total. The summed E-state index contributed by atoms with van der Waals surface area (Å²) in [5, 5.41) is 37.9. The van der Waals surface area contributed by atoms with Crippen molar-refractivity contribution in [3.8, 4) is 0 Å². The first-order valence-corrected chi connectivity index (χ1v) is 6.16. The van der Waals surface area contributed by atoms with Gasteiger partial charge in [-0.15, -0.1) is 0 Å². The Kier molecular flexibility index (Phi) is 4.92. The Morgan fingerprint density at radius 2 is 1.74 bits per heavy atom. The van der Waals surface area contributed by atoms with Crippen LogP contribution in [0.4, 0.5) is 0 Å². The minimum Gasteiger partial charge on any atom is -0.394 e. The van der Waals surface area contributed by atoms with Gasteiger partial charge in [0, 0.05) is 18.9 Å². The van der Waals surface area contributed by atoms with Crippen molar-refractivity contribution >= 4 is 0 Å². The average Bonchev–Trinajstić information content (AvgIpc) is 2.92. The second-order valence-electron chi connectivity index (χ2n) is 4.49. The van der Waals surface area contributed by atoms with E-state index in [0.717, 1.165) is 0 Å². The molecular weight excluding hydrogens is 254 g/mol. The van der Waals surface area contributed by atoms with Gasteiger partial charge in [-0.2, -0.15) is 0 Å². The largest absolute Gasteiger partial charge is 0.394 e. The van der Waals surface area contributed by atoms with Crippen LogP contribution in [-0.2, 0) is 16.0 Å². The van der Waals surface area contributed by atoms with Gasteiger partial charge < -0.3 is 34.5 Å². The maximum Gasteiger partial charge on any atom is 0.186 e. The number of rotatable bonds is 5. The number of nitrogens with zero attached hydrogens (tertiary/aromatic N) is 1. The SMILES string of the molecule is OCC1O[C@@H](OCCn2cccc2)C(O)C(O)[C@@H]1O. The van der Waals surface area contributed by atoms with E-state index >= 15 is 0 Å². The van der Waals surface area contributed by atoms with Crippen molar-refractivity contribution in [1.29, 1.82) is 0 Å². The molecule has 2 heterocycles. The molecule has 0 aromatic carbocycles. The Morgan fingerprint density at radius 3 is 2.37 bits per heavy atom. The van der Waals surface area contributed by atoms with Crippen molar-refractivity contribution in [2.45, 2.75) is 37.3 Å². The summed E-state index contributed by atoms with van der Waals surface area (Å²) in [6.07, 6.45) is -2.36. The van der Waals surface area contributed by atoms with Crippen molar-refractivity contribution in [3.63, 3.8) is 0 Å². The molecule has 0 spiro atoms. The minimum absolute atomic E-state index is 0.275. The third kappa shape index (κ3) is 3.33. The molecule has 0 saturated carbocycles. The van der Waals surface area contributed by atoms with Crippen LogP contribution in [0, 0.1) is 0 Å². The molecule has 5 atom stereocenters. The molecule has 3 unspecified atom stereocenters. The number of ether oxygens (including phenoxy) is 2. The first-order chi connectivity index (χ1) is 9.13. The van der Waals surface area contributed by atoms with Gasteiger partial charge in [0.15, 0.2) is 6.29 Å². The number of hydrogen-bond donors (Lipinski definition) is 4. The first-order valence-electron chi connectivity index (χ1n) is 6.16. The Labute approximate surface area is 110 Å². The van der Waals surface area contributed by atoms with Gasteiger partial charge in [-0.25, -0.2) is 0 Å². The monoisotopic (exact) mass is 273 g/mol. The van der Waals surface area contributed by atoms with Crippen LogP contribution in [0.1, 0.15) is 0 Å². The van der Waals surface area contributed by atoms with E-state index in [0.29, 0.717) is 6.54 Å². The number of hydrogen-bond acceptors (Lipinski definition) is 6. The molecule has 1 fully saturated rings. The van der Waals surface area contributed by atoms with Crippen molar-refractivity contribution < 1.29 is 29.9 Å². The molecule has 7 nitrogen and oxygen atoms in total. The van der Waals surface area contributed by atoms with Crippen LogP contribution in [0.15, 0.2) is 24.5 Å². The van der Waals surface area contributed by atoms with E-state index in [4.69, 9.17) is 14.6 Å². The van der Waals surface area contributed by atoms with Gasteiger partial charge in [0.25, 0.3) is 0 Å².